The van der Waals surface area contributed by atoms with Crippen LogP contribution in [0, 0.1) is 0 Å². The summed E-state index contributed by atoms with van der Waals surface area (Å²) in [6.45, 7) is 4.09. The van der Waals surface area contributed by atoms with Crippen LogP contribution in [0.3, 0.4) is 0 Å². The molecule has 0 amide bonds. The average Bonchev–Trinajstić information content (AvgIpc) is 3.37. The third kappa shape index (κ3) is 5.96. The van der Waals surface area contributed by atoms with E-state index >= 15 is 0 Å². The summed E-state index contributed by atoms with van der Waals surface area (Å²) >= 11 is 0. The first-order chi connectivity index (χ1) is 17.3. The smallest absolute Gasteiger partial charge is 0.227 e. The number of hydrogen-bond donors (Lipinski definition) is 1. The Morgan fingerprint density at radius 1 is 0.737 bits per heavy atom. The van der Waals surface area contributed by atoms with Gasteiger partial charge < -0.3 is 20.6 Å². The van der Waals surface area contributed by atoms with E-state index in [0.29, 0.717) is 12.5 Å². The minimum Gasteiger partial charge on any atom is -0.412 e. The maximum Gasteiger partial charge on any atom is 0.227 e. The molecule has 5 aromatic rings. The number of rotatable bonds is 6. The van der Waals surface area contributed by atoms with Crippen LogP contribution >= 0.6 is 24.8 Å². The van der Waals surface area contributed by atoms with E-state index in [1.807, 2.05) is 77.7 Å². The van der Waals surface area contributed by atoms with E-state index in [1.165, 1.54) is 5.56 Å². The van der Waals surface area contributed by atoms with Gasteiger partial charge in [-0.05, 0) is 29.8 Å². The molecule has 0 bridgehead atoms. The van der Waals surface area contributed by atoms with Gasteiger partial charge in [0.05, 0.1) is 17.3 Å². The quantitative estimate of drug-likeness (QED) is 0.337. The van der Waals surface area contributed by atoms with Gasteiger partial charge in [0.25, 0.3) is 0 Å². The maximum absolute atomic E-state index is 4.96. The number of nitrogens with zero attached hydrogens (tertiary/aromatic N) is 7. The van der Waals surface area contributed by atoms with Crippen molar-refractivity contribution in [3.05, 3.63) is 96.8 Å². The maximum atomic E-state index is 4.96. The fraction of sp³-hybridized carbons (Fsp3) is 0.185. The monoisotopic (exact) mass is 552 g/mol. The van der Waals surface area contributed by atoms with Gasteiger partial charge in [-0.25, -0.2) is 9.67 Å². The van der Waals surface area contributed by atoms with E-state index in [1.54, 1.807) is 0 Å². The van der Waals surface area contributed by atoms with Crippen molar-refractivity contribution in [2.75, 3.05) is 41.3 Å². The van der Waals surface area contributed by atoms with Gasteiger partial charge >= 0.3 is 0 Å². The molecule has 1 aliphatic rings. The van der Waals surface area contributed by atoms with Crippen LogP contribution in [0.25, 0.3) is 16.7 Å². The van der Waals surface area contributed by atoms with Crippen molar-refractivity contribution in [2.45, 2.75) is 6.54 Å². The normalized spacial score (nSPS) is 12.7. The van der Waals surface area contributed by atoms with Crippen LogP contribution in [-0.2, 0) is 6.54 Å². The SMILES string of the molecule is Cl.Cl.O.c1ccc(CNc2nc(N3CCN(c4ccccn4)CC3)c3cnn(-c4ccccc4)c3n2)cc1. The number of para-hydroxylation sites is 1. The second kappa shape index (κ2) is 13.0. The summed E-state index contributed by atoms with van der Waals surface area (Å²) in [5.74, 6) is 2.52. The highest BCUT2D eigenvalue weighted by molar-refractivity contribution is 5.89. The molecule has 6 rings (SSSR count). The van der Waals surface area contributed by atoms with Gasteiger partial charge in [0.1, 0.15) is 11.6 Å². The van der Waals surface area contributed by atoms with E-state index in [4.69, 9.17) is 9.97 Å². The highest BCUT2D eigenvalue weighted by atomic mass is 35.5. The molecular formula is C27H30Cl2N8O. The molecule has 3 aromatic heterocycles. The van der Waals surface area contributed by atoms with Gasteiger partial charge in [0.15, 0.2) is 5.65 Å². The number of hydrogen-bond acceptors (Lipinski definition) is 7. The van der Waals surface area contributed by atoms with E-state index in [2.05, 4.69) is 43.4 Å². The number of anilines is 3. The molecule has 0 atom stereocenters. The van der Waals surface area contributed by atoms with Crippen LogP contribution in [0.5, 0.6) is 0 Å². The molecule has 9 nitrogen and oxygen atoms in total. The molecule has 0 spiro atoms. The molecule has 1 aliphatic heterocycles. The Morgan fingerprint density at radius 2 is 1.39 bits per heavy atom. The fourth-order valence-corrected chi connectivity index (χ4v) is 4.44. The highest BCUT2D eigenvalue weighted by Crippen LogP contribution is 2.28. The molecule has 38 heavy (non-hydrogen) atoms. The number of piperazine rings is 1. The minimum atomic E-state index is 0. The Balaban J connectivity index is 0.00000133. The van der Waals surface area contributed by atoms with Crippen molar-refractivity contribution in [2.24, 2.45) is 0 Å². The minimum absolute atomic E-state index is 0. The lowest BCUT2D eigenvalue weighted by atomic mass is 10.2. The first kappa shape index (κ1) is 28.6. The lowest BCUT2D eigenvalue weighted by Crippen LogP contribution is -2.47. The summed E-state index contributed by atoms with van der Waals surface area (Å²) in [5, 5.41) is 9.06. The number of halogens is 2. The van der Waals surface area contributed by atoms with Crippen LogP contribution < -0.4 is 15.1 Å². The zero-order valence-corrected chi connectivity index (χ0v) is 22.3. The van der Waals surface area contributed by atoms with Crippen LogP contribution in [0.4, 0.5) is 17.6 Å². The van der Waals surface area contributed by atoms with Crippen LogP contribution in [0.15, 0.2) is 91.3 Å². The molecule has 0 radical (unpaired) electrons. The summed E-state index contributed by atoms with van der Waals surface area (Å²) in [7, 11) is 0. The molecule has 2 aromatic carbocycles. The standard InChI is InChI=1S/C27H26N8.2ClH.H2O/c1-3-9-21(10-4-1)19-29-27-31-25(34-17-15-33(16-18-34)24-13-7-8-14-28-24)23-20-30-35(26(23)32-27)22-11-5-2-6-12-22;;;/h1-14,20H,15-19H2,(H,29,31,32);2*1H;1H2. The van der Waals surface area contributed by atoms with Crippen molar-refractivity contribution in [1.82, 2.24) is 24.7 Å². The molecule has 1 saturated heterocycles. The van der Waals surface area contributed by atoms with Gasteiger partial charge in [-0.15, -0.1) is 24.8 Å². The number of benzene rings is 2. The van der Waals surface area contributed by atoms with Gasteiger partial charge in [-0.2, -0.15) is 15.1 Å². The lowest BCUT2D eigenvalue weighted by Gasteiger charge is -2.36. The van der Waals surface area contributed by atoms with Crippen LogP contribution in [-0.4, -0.2) is 56.4 Å². The summed E-state index contributed by atoms with van der Waals surface area (Å²) in [5.41, 5.74) is 2.95. The van der Waals surface area contributed by atoms with E-state index < -0.39 is 0 Å². The number of fused-ring (bicyclic) bond motifs is 1. The van der Waals surface area contributed by atoms with Gasteiger partial charge in [0.2, 0.25) is 5.95 Å². The third-order valence-corrected chi connectivity index (χ3v) is 6.26. The highest BCUT2D eigenvalue weighted by Gasteiger charge is 2.23. The van der Waals surface area contributed by atoms with Gasteiger partial charge in [-0.3, -0.25) is 0 Å². The Labute approximate surface area is 233 Å². The van der Waals surface area contributed by atoms with E-state index in [0.717, 1.165) is 54.5 Å². The Hall–Kier alpha value is -3.92. The summed E-state index contributed by atoms with van der Waals surface area (Å²) in [6.07, 6.45) is 3.72. The van der Waals surface area contributed by atoms with Crippen LogP contribution in [0.2, 0.25) is 0 Å². The van der Waals surface area contributed by atoms with Crippen molar-refractivity contribution < 1.29 is 5.48 Å². The van der Waals surface area contributed by atoms with E-state index in [-0.39, 0.29) is 30.3 Å². The number of pyridine rings is 1. The molecule has 11 heteroatoms. The van der Waals surface area contributed by atoms with Crippen molar-refractivity contribution in [1.29, 1.82) is 0 Å². The van der Waals surface area contributed by atoms with Crippen molar-refractivity contribution in [3.8, 4) is 5.69 Å². The second-order valence-corrected chi connectivity index (χ2v) is 8.50. The molecule has 3 N–H and O–H groups in total. The zero-order valence-electron chi connectivity index (χ0n) is 20.6. The predicted molar refractivity (Wildman–Crippen MR) is 157 cm³/mol. The fourth-order valence-electron chi connectivity index (χ4n) is 4.44. The van der Waals surface area contributed by atoms with Crippen LogP contribution in [0.1, 0.15) is 5.56 Å². The number of nitrogens with one attached hydrogen (secondary N) is 1. The molecule has 198 valence electrons. The third-order valence-electron chi connectivity index (χ3n) is 6.26. The lowest BCUT2D eigenvalue weighted by molar-refractivity contribution is 0.643. The first-order valence-electron chi connectivity index (χ1n) is 11.8. The van der Waals surface area contributed by atoms with Crippen molar-refractivity contribution in [3.63, 3.8) is 0 Å². The molecular weight excluding hydrogens is 523 g/mol. The summed E-state index contributed by atoms with van der Waals surface area (Å²) in [4.78, 5) is 19.0. The molecule has 0 unspecified atom stereocenters. The number of aromatic nitrogens is 5. The molecule has 4 heterocycles. The summed E-state index contributed by atoms with van der Waals surface area (Å²) in [6, 6.07) is 26.4. The second-order valence-electron chi connectivity index (χ2n) is 8.50. The zero-order chi connectivity index (χ0) is 23.5. The summed E-state index contributed by atoms with van der Waals surface area (Å²) < 4.78 is 1.89. The predicted octanol–water partition coefficient (Wildman–Crippen LogP) is 4.17. The Morgan fingerprint density at radius 3 is 2.08 bits per heavy atom. The van der Waals surface area contributed by atoms with Crippen molar-refractivity contribution >= 4 is 53.4 Å². The Kier molecular flexibility index (Phi) is 9.84. The molecule has 0 aliphatic carbocycles. The topological polar surface area (TPSA) is 107 Å². The molecule has 1 fully saturated rings. The first-order valence-corrected chi connectivity index (χ1v) is 11.8. The molecule has 0 saturated carbocycles. The van der Waals surface area contributed by atoms with E-state index in [9.17, 15) is 0 Å². The average molecular weight is 553 g/mol. The van der Waals surface area contributed by atoms with Gasteiger partial charge in [0, 0.05) is 38.9 Å². The Bertz CT molecular complexity index is 1410. The van der Waals surface area contributed by atoms with Gasteiger partial charge in [-0.1, -0.05) is 54.6 Å². The largest absolute Gasteiger partial charge is 0.412 e.